The number of carbonyl (C=O) groups is 1. The number of nitrogens with one attached hydrogen (secondary N) is 2. The van der Waals surface area contributed by atoms with Crippen LogP contribution in [0.3, 0.4) is 0 Å². The van der Waals surface area contributed by atoms with Crippen LogP contribution in [0.5, 0.6) is 0 Å². The first kappa shape index (κ1) is 21.8. The van der Waals surface area contributed by atoms with Crippen LogP contribution in [-0.4, -0.2) is 39.2 Å². The van der Waals surface area contributed by atoms with E-state index < -0.39 is 0 Å². The molecule has 172 valence electrons. The molecule has 34 heavy (non-hydrogen) atoms. The van der Waals surface area contributed by atoms with Gasteiger partial charge in [0.05, 0.1) is 12.6 Å². The third-order valence-electron chi connectivity index (χ3n) is 6.14. The maximum Gasteiger partial charge on any atom is 0.239 e. The lowest BCUT2D eigenvalue weighted by Crippen LogP contribution is -2.31. The highest BCUT2D eigenvalue weighted by atomic mass is 16.1. The molecule has 1 aliphatic carbocycles. The first-order valence-corrected chi connectivity index (χ1v) is 11.8. The SMILES string of the molecule is O=C(CNc1ccc(-c2nnnn2C2CC2)cc1)NCCC(c1ccccc1)c1ccccc1. The Hall–Kier alpha value is -4.00. The summed E-state index contributed by atoms with van der Waals surface area (Å²) in [4.78, 5) is 12.4. The molecule has 1 saturated carbocycles. The summed E-state index contributed by atoms with van der Waals surface area (Å²) in [6, 6.07) is 29.2. The van der Waals surface area contributed by atoms with Crippen LogP contribution in [0.25, 0.3) is 11.4 Å². The van der Waals surface area contributed by atoms with Crippen LogP contribution in [-0.2, 0) is 4.79 Å². The minimum absolute atomic E-state index is 0.0263. The number of tetrazole rings is 1. The molecule has 0 aliphatic heterocycles. The number of nitrogens with zero attached hydrogens (tertiary/aromatic N) is 4. The van der Waals surface area contributed by atoms with Crippen LogP contribution in [0.1, 0.15) is 42.3 Å². The summed E-state index contributed by atoms with van der Waals surface area (Å²) < 4.78 is 1.90. The van der Waals surface area contributed by atoms with Gasteiger partial charge in [0.15, 0.2) is 5.82 Å². The summed E-state index contributed by atoms with van der Waals surface area (Å²) in [5.74, 6) is 1.01. The Kier molecular flexibility index (Phi) is 6.61. The van der Waals surface area contributed by atoms with Gasteiger partial charge in [0, 0.05) is 23.7 Å². The maximum absolute atomic E-state index is 12.4. The van der Waals surface area contributed by atoms with Gasteiger partial charge in [0.1, 0.15) is 0 Å². The highest BCUT2D eigenvalue weighted by Gasteiger charge is 2.28. The summed E-state index contributed by atoms with van der Waals surface area (Å²) in [6.45, 7) is 0.832. The molecule has 0 saturated heterocycles. The Bertz CT molecular complexity index is 1160. The first-order chi connectivity index (χ1) is 16.8. The molecule has 1 aromatic heterocycles. The molecule has 7 nitrogen and oxygen atoms in total. The van der Waals surface area contributed by atoms with Crippen molar-refractivity contribution in [3.63, 3.8) is 0 Å². The average Bonchev–Trinajstić information content (AvgIpc) is 3.63. The van der Waals surface area contributed by atoms with E-state index in [-0.39, 0.29) is 18.4 Å². The van der Waals surface area contributed by atoms with Crippen molar-refractivity contribution in [3.8, 4) is 11.4 Å². The second-order valence-electron chi connectivity index (χ2n) is 8.62. The summed E-state index contributed by atoms with van der Waals surface area (Å²) in [5, 5.41) is 18.3. The summed E-state index contributed by atoms with van der Waals surface area (Å²) in [5.41, 5.74) is 4.37. The number of anilines is 1. The fraction of sp³-hybridized carbons (Fsp3) is 0.259. The first-order valence-electron chi connectivity index (χ1n) is 11.8. The van der Waals surface area contributed by atoms with Gasteiger partial charge in [-0.2, -0.15) is 0 Å². The Morgan fingerprint density at radius 2 is 1.56 bits per heavy atom. The standard InChI is InChI=1S/C27H28N6O/c34-26(28-18-17-25(20-7-3-1-4-8-20)21-9-5-2-6-10-21)19-29-23-13-11-22(12-14-23)27-30-31-32-33(27)24-15-16-24/h1-14,24-25,29H,15-19H2,(H,28,34). The fourth-order valence-corrected chi connectivity index (χ4v) is 4.18. The van der Waals surface area contributed by atoms with Crippen LogP contribution < -0.4 is 10.6 Å². The minimum Gasteiger partial charge on any atom is -0.376 e. The lowest BCUT2D eigenvalue weighted by Gasteiger charge is -2.18. The number of benzene rings is 3. The van der Waals surface area contributed by atoms with Crippen molar-refractivity contribution in [3.05, 3.63) is 96.1 Å². The lowest BCUT2D eigenvalue weighted by molar-refractivity contribution is -0.119. The van der Waals surface area contributed by atoms with E-state index in [2.05, 4.69) is 74.7 Å². The van der Waals surface area contributed by atoms with Crippen molar-refractivity contribution in [1.29, 1.82) is 0 Å². The minimum atomic E-state index is -0.0263. The van der Waals surface area contributed by atoms with Crippen molar-refractivity contribution in [2.24, 2.45) is 0 Å². The van der Waals surface area contributed by atoms with Crippen molar-refractivity contribution < 1.29 is 4.79 Å². The third-order valence-corrected chi connectivity index (χ3v) is 6.14. The monoisotopic (exact) mass is 452 g/mol. The molecular weight excluding hydrogens is 424 g/mol. The molecule has 3 aromatic carbocycles. The zero-order valence-electron chi connectivity index (χ0n) is 19.0. The number of carbonyl (C=O) groups excluding carboxylic acids is 1. The molecule has 0 bridgehead atoms. The van der Waals surface area contributed by atoms with E-state index in [0.29, 0.717) is 12.6 Å². The van der Waals surface area contributed by atoms with Crippen molar-refractivity contribution in [2.45, 2.75) is 31.2 Å². The van der Waals surface area contributed by atoms with Gasteiger partial charge in [0.25, 0.3) is 0 Å². The van der Waals surface area contributed by atoms with Gasteiger partial charge in [0.2, 0.25) is 5.91 Å². The summed E-state index contributed by atoms with van der Waals surface area (Å²) in [6.07, 6.45) is 3.10. The van der Waals surface area contributed by atoms with Gasteiger partial charge in [-0.05, 0) is 65.1 Å². The lowest BCUT2D eigenvalue weighted by atomic mass is 9.88. The fourth-order valence-electron chi connectivity index (χ4n) is 4.18. The van der Waals surface area contributed by atoms with Gasteiger partial charge in [-0.1, -0.05) is 60.7 Å². The normalized spacial score (nSPS) is 13.1. The molecule has 5 rings (SSSR count). The molecule has 0 radical (unpaired) electrons. The molecule has 0 unspecified atom stereocenters. The van der Waals surface area contributed by atoms with Gasteiger partial charge in [-0.25, -0.2) is 4.68 Å². The van der Waals surface area contributed by atoms with E-state index >= 15 is 0 Å². The predicted octanol–water partition coefficient (Wildman–Crippen LogP) is 4.43. The van der Waals surface area contributed by atoms with Crippen LogP contribution in [0.4, 0.5) is 5.69 Å². The maximum atomic E-state index is 12.4. The van der Waals surface area contributed by atoms with E-state index in [0.717, 1.165) is 36.3 Å². The van der Waals surface area contributed by atoms with Crippen molar-refractivity contribution in [2.75, 3.05) is 18.4 Å². The van der Waals surface area contributed by atoms with Crippen LogP contribution >= 0.6 is 0 Å². The van der Waals surface area contributed by atoms with Crippen LogP contribution in [0, 0.1) is 0 Å². The molecule has 1 fully saturated rings. The highest BCUT2D eigenvalue weighted by Crippen LogP contribution is 2.36. The van der Waals surface area contributed by atoms with E-state index in [1.165, 1.54) is 11.1 Å². The highest BCUT2D eigenvalue weighted by molar-refractivity contribution is 5.80. The Morgan fingerprint density at radius 1 is 0.912 bits per heavy atom. The van der Waals surface area contributed by atoms with E-state index in [4.69, 9.17) is 0 Å². The molecule has 4 aromatic rings. The van der Waals surface area contributed by atoms with Gasteiger partial charge in [-0.3, -0.25) is 4.79 Å². The Labute approximate surface area is 199 Å². The van der Waals surface area contributed by atoms with Gasteiger partial charge in [-0.15, -0.1) is 5.10 Å². The van der Waals surface area contributed by atoms with Crippen molar-refractivity contribution in [1.82, 2.24) is 25.5 Å². The Morgan fingerprint density at radius 3 is 2.18 bits per heavy atom. The van der Waals surface area contributed by atoms with Crippen LogP contribution in [0.15, 0.2) is 84.9 Å². The topological polar surface area (TPSA) is 84.7 Å². The molecule has 0 spiro atoms. The Balaban J connectivity index is 1.12. The number of amides is 1. The zero-order valence-corrected chi connectivity index (χ0v) is 19.0. The number of rotatable bonds is 10. The number of hydrogen-bond acceptors (Lipinski definition) is 5. The molecule has 0 atom stereocenters. The molecule has 1 aliphatic rings. The van der Waals surface area contributed by atoms with Crippen LogP contribution in [0.2, 0.25) is 0 Å². The molecule has 1 amide bonds. The molecule has 1 heterocycles. The second kappa shape index (κ2) is 10.3. The molecular formula is C27H28N6O. The second-order valence-corrected chi connectivity index (χ2v) is 8.62. The van der Waals surface area contributed by atoms with Gasteiger partial charge >= 0.3 is 0 Å². The van der Waals surface area contributed by atoms with Crippen molar-refractivity contribution >= 4 is 11.6 Å². The number of aromatic nitrogens is 4. The molecule has 7 heteroatoms. The average molecular weight is 453 g/mol. The van der Waals surface area contributed by atoms with E-state index in [9.17, 15) is 4.79 Å². The van der Waals surface area contributed by atoms with Gasteiger partial charge < -0.3 is 10.6 Å². The quantitative estimate of drug-likeness (QED) is 0.372. The zero-order chi connectivity index (χ0) is 23.2. The van der Waals surface area contributed by atoms with E-state index in [1.807, 2.05) is 41.1 Å². The predicted molar refractivity (Wildman–Crippen MR) is 132 cm³/mol. The summed E-state index contributed by atoms with van der Waals surface area (Å²) >= 11 is 0. The number of hydrogen-bond donors (Lipinski definition) is 2. The van der Waals surface area contributed by atoms with E-state index in [1.54, 1.807) is 0 Å². The smallest absolute Gasteiger partial charge is 0.239 e. The largest absolute Gasteiger partial charge is 0.376 e. The summed E-state index contributed by atoms with van der Waals surface area (Å²) in [7, 11) is 0. The molecule has 2 N–H and O–H groups in total. The third kappa shape index (κ3) is 5.31.